The van der Waals surface area contributed by atoms with Gasteiger partial charge in [0.1, 0.15) is 4.58 Å². The van der Waals surface area contributed by atoms with Crippen molar-refractivity contribution in [2.75, 3.05) is 7.11 Å². The highest BCUT2D eigenvalue weighted by Crippen LogP contribution is 2.46. The molecule has 12 heteroatoms. The molecule has 2 aliphatic heterocycles. The van der Waals surface area contributed by atoms with Gasteiger partial charge in [0.15, 0.2) is 21.3 Å². The number of ether oxygens (including phenoxy) is 1. The van der Waals surface area contributed by atoms with Gasteiger partial charge in [0.05, 0.1) is 5.70 Å². The fourth-order valence-electron chi connectivity index (χ4n) is 3.47. The van der Waals surface area contributed by atoms with Crippen molar-refractivity contribution in [2.45, 2.75) is 28.1 Å². The molecule has 152 valence electrons. The lowest BCUT2D eigenvalue weighted by Crippen LogP contribution is -2.71. The van der Waals surface area contributed by atoms with Crippen LogP contribution in [0.5, 0.6) is 0 Å². The Bertz CT molecular complexity index is 1130. The molecule has 0 saturated carbocycles. The van der Waals surface area contributed by atoms with E-state index in [0.717, 1.165) is 16.7 Å². The Morgan fingerprint density at radius 3 is 2.52 bits per heavy atom. The standard InChI is InChI=1S/C17H17N5O5S2/c1-9-11(12(23)10-7-5-4-6-8-10)22-14(24)13(27-3)15(22)29(25,26)16(9)28-17-18-19-20-21(17)2/h4-8,13,15-16H,1-3H3/t13-,15+,16-/m0/s1. The summed E-state index contributed by atoms with van der Waals surface area (Å²) in [5.74, 6) is -0.976. The SMILES string of the molecule is CO[C@H]1C(=O)N2C(C(=O)c3ccccc3)=C(C)[C@@H](Sc3nnnn3C)S(=O)(=O)[C@H]12. The second kappa shape index (κ2) is 7.04. The molecule has 29 heavy (non-hydrogen) atoms. The number of aromatic nitrogens is 4. The number of nitrogens with zero attached hydrogens (tertiary/aromatic N) is 5. The topological polar surface area (TPSA) is 124 Å². The van der Waals surface area contributed by atoms with Crippen LogP contribution in [0.2, 0.25) is 0 Å². The van der Waals surface area contributed by atoms with E-state index in [-0.39, 0.29) is 16.4 Å². The molecule has 1 aromatic heterocycles. The molecule has 1 saturated heterocycles. The number of thioether (sulfide) groups is 1. The summed E-state index contributed by atoms with van der Waals surface area (Å²) in [5, 5.41) is 10.1. The van der Waals surface area contributed by atoms with Crippen LogP contribution >= 0.6 is 11.8 Å². The molecule has 0 bridgehead atoms. The molecule has 0 aliphatic carbocycles. The highest BCUT2D eigenvalue weighted by Gasteiger charge is 2.63. The van der Waals surface area contributed by atoms with E-state index in [4.69, 9.17) is 4.74 Å². The molecule has 4 rings (SSSR count). The number of amides is 1. The number of benzene rings is 1. The van der Waals surface area contributed by atoms with Crippen molar-refractivity contribution in [3.8, 4) is 0 Å². The average molecular weight is 435 g/mol. The van der Waals surface area contributed by atoms with Crippen LogP contribution in [0.3, 0.4) is 0 Å². The van der Waals surface area contributed by atoms with Gasteiger partial charge in [0, 0.05) is 19.7 Å². The summed E-state index contributed by atoms with van der Waals surface area (Å²) in [6, 6.07) is 8.41. The number of carbonyl (C=O) groups is 2. The van der Waals surface area contributed by atoms with Gasteiger partial charge in [-0.2, -0.15) is 0 Å². The molecule has 0 unspecified atom stereocenters. The second-order valence-electron chi connectivity index (χ2n) is 6.61. The first-order valence-electron chi connectivity index (χ1n) is 8.57. The molecule has 2 aliphatic rings. The van der Waals surface area contributed by atoms with Crippen LogP contribution in [0.15, 0.2) is 46.8 Å². The van der Waals surface area contributed by atoms with Crippen LogP contribution in [0.25, 0.3) is 0 Å². The number of rotatable bonds is 5. The smallest absolute Gasteiger partial charge is 0.260 e. The van der Waals surface area contributed by atoms with E-state index < -0.39 is 37.6 Å². The van der Waals surface area contributed by atoms with Gasteiger partial charge < -0.3 is 4.74 Å². The summed E-state index contributed by atoms with van der Waals surface area (Å²) in [6.45, 7) is 1.54. The zero-order valence-corrected chi connectivity index (χ0v) is 17.3. The average Bonchev–Trinajstić information content (AvgIpc) is 3.11. The lowest BCUT2D eigenvalue weighted by molar-refractivity contribution is -0.158. The molecule has 3 atom stereocenters. The van der Waals surface area contributed by atoms with Crippen LogP contribution in [0.1, 0.15) is 17.3 Å². The quantitative estimate of drug-likeness (QED) is 0.485. The lowest BCUT2D eigenvalue weighted by Gasteiger charge is -2.50. The van der Waals surface area contributed by atoms with Gasteiger partial charge >= 0.3 is 0 Å². The monoisotopic (exact) mass is 435 g/mol. The summed E-state index contributed by atoms with van der Waals surface area (Å²) in [6.07, 6.45) is -1.16. The van der Waals surface area contributed by atoms with E-state index in [2.05, 4.69) is 15.5 Å². The van der Waals surface area contributed by atoms with E-state index in [9.17, 15) is 18.0 Å². The summed E-state index contributed by atoms with van der Waals surface area (Å²) in [5.41, 5.74) is 0.672. The number of tetrazole rings is 1. The van der Waals surface area contributed by atoms with Crippen molar-refractivity contribution in [2.24, 2.45) is 7.05 Å². The van der Waals surface area contributed by atoms with Crippen LogP contribution < -0.4 is 0 Å². The molecule has 3 heterocycles. The third kappa shape index (κ3) is 2.90. The third-order valence-corrected chi connectivity index (χ3v) is 9.20. The highest BCUT2D eigenvalue weighted by molar-refractivity contribution is 8.14. The van der Waals surface area contributed by atoms with Crippen molar-refractivity contribution in [3.05, 3.63) is 47.2 Å². The number of Topliss-reactive ketones (excluding diaryl/α,β-unsaturated/α-hetero) is 1. The number of allylic oxidation sites excluding steroid dienone is 1. The largest absolute Gasteiger partial charge is 0.368 e. The number of ketones is 1. The minimum Gasteiger partial charge on any atom is -0.368 e. The van der Waals surface area contributed by atoms with Crippen molar-refractivity contribution >= 4 is 33.3 Å². The zero-order chi connectivity index (χ0) is 20.9. The first-order valence-corrected chi connectivity index (χ1v) is 11.1. The van der Waals surface area contributed by atoms with Gasteiger partial charge in [-0.05, 0) is 22.9 Å². The number of carbonyl (C=O) groups excluding carboxylic acids is 2. The maximum atomic E-state index is 13.3. The number of hydrogen-bond acceptors (Lipinski definition) is 9. The summed E-state index contributed by atoms with van der Waals surface area (Å²) in [4.78, 5) is 26.9. The number of fused-ring (bicyclic) bond motifs is 1. The van der Waals surface area contributed by atoms with Crippen LogP contribution in [0.4, 0.5) is 0 Å². The van der Waals surface area contributed by atoms with E-state index in [0.29, 0.717) is 5.56 Å². The number of β-lactam (4-membered cyclic amide) rings is 1. The Kier molecular flexibility index (Phi) is 4.79. The summed E-state index contributed by atoms with van der Waals surface area (Å²) < 4.78 is 32.0. The van der Waals surface area contributed by atoms with Gasteiger partial charge in [-0.1, -0.05) is 42.1 Å². The number of sulfone groups is 1. The number of aryl methyl sites for hydroxylation is 1. The molecule has 1 aromatic carbocycles. The van der Waals surface area contributed by atoms with E-state index in [1.54, 1.807) is 44.3 Å². The molecule has 2 aromatic rings. The van der Waals surface area contributed by atoms with E-state index >= 15 is 0 Å². The lowest BCUT2D eigenvalue weighted by atomic mass is 9.99. The maximum absolute atomic E-state index is 13.3. The molecular formula is C17H17N5O5S2. The molecular weight excluding hydrogens is 418 g/mol. The number of methoxy groups -OCH3 is 1. The fourth-order valence-corrected chi connectivity index (χ4v) is 7.29. The summed E-state index contributed by atoms with van der Waals surface area (Å²) >= 11 is 0.918. The van der Waals surface area contributed by atoms with Crippen molar-refractivity contribution in [1.82, 2.24) is 25.1 Å². The van der Waals surface area contributed by atoms with Crippen LogP contribution in [0, 0.1) is 0 Å². The minimum atomic E-state index is -3.93. The van der Waals surface area contributed by atoms with Gasteiger partial charge in [-0.15, -0.1) is 5.10 Å². The van der Waals surface area contributed by atoms with E-state index in [1.165, 1.54) is 11.8 Å². The van der Waals surface area contributed by atoms with Crippen LogP contribution in [-0.2, 0) is 26.4 Å². The normalized spacial score (nSPS) is 25.6. The Morgan fingerprint density at radius 1 is 1.24 bits per heavy atom. The van der Waals surface area contributed by atoms with Gasteiger partial charge in [0.25, 0.3) is 5.91 Å². The maximum Gasteiger partial charge on any atom is 0.260 e. The van der Waals surface area contributed by atoms with Crippen molar-refractivity contribution in [1.29, 1.82) is 0 Å². The molecule has 0 spiro atoms. The van der Waals surface area contributed by atoms with Crippen molar-refractivity contribution in [3.63, 3.8) is 0 Å². The Labute approximate surface area is 170 Å². The zero-order valence-electron chi connectivity index (χ0n) is 15.7. The molecule has 0 radical (unpaired) electrons. The first-order chi connectivity index (χ1) is 13.8. The number of hydrogen-bond donors (Lipinski definition) is 0. The Hall–Kier alpha value is -2.57. The predicted molar refractivity (Wildman–Crippen MR) is 102 cm³/mol. The minimum absolute atomic E-state index is 0.0574. The van der Waals surface area contributed by atoms with Gasteiger partial charge in [0.2, 0.25) is 10.9 Å². The molecule has 10 nitrogen and oxygen atoms in total. The van der Waals surface area contributed by atoms with Crippen molar-refractivity contribution < 1.29 is 22.7 Å². The predicted octanol–water partition coefficient (Wildman–Crippen LogP) is 0.397. The first kappa shape index (κ1) is 19.7. The third-order valence-electron chi connectivity index (χ3n) is 4.90. The Morgan fingerprint density at radius 2 is 1.93 bits per heavy atom. The highest BCUT2D eigenvalue weighted by atomic mass is 32.3. The molecule has 0 N–H and O–H groups in total. The van der Waals surface area contributed by atoms with Gasteiger partial charge in [-0.25, -0.2) is 13.1 Å². The summed E-state index contributed by atoms with van der Waals surface area (Å²) in [7, 11) is -1.07. The second-order valence-corrected chi connectivity index (χ2v) is 10.1. The van der Waals surface area contributed by atoms with Gasteiger partial charge in [-0.3, -0.25) is 14.5 Å². The molecule has 1 amide bonds. The fraction of sp³-hybridized carbons (Fsp3) is 0.353. The van der Waals surface area contributed by atoms with E-state index in [1.807, 2.05) is 0 Å². The Balaban J connectivity index is 1.87. The van der Waals surface area contributed by atoms with Crippen LogP contribution in [-0.4, -0.2) is 68.4 Å². The molecule has 1 fully saturated rings.